The van der Waals surface area contributed by atoms with Crippen LogP contribution < -0.4 is 10.6 Å². The molecule has 7 heteroatoms. The van der Waals surface area contributed by atoms with Gasteiger partial charge in [-0.05, 0) is 37.1 Å². The highest BCUT2D eigenvalue weighted by atomic mass is 16.2. The van der Waals surface area contributed by atoms with E-state index in [0.717, 1.165) is 18.4 Å². The second-order valence-electron chi connectivity index (χ2n) is 5.78. The van der Waals surface area contributed by atoms with Crippen LogP contribution in [0.2, 0.25) is 0 Å². The second kappa shape index (κ2) is 6.64. The number of hydrogen-bond acceptors (Lipinski definition) is 5. The molecule has 0 aromatic carbocycles. The highest BCUT2D eigenvalue weighted by molar-refractivity contribution is 5.89. The summed E-state index contributed by atoms with van der Waals surface area (Å²) < 4.78 is 0. The molecule has 3 heterocycles. The molecule has 124 valence electrons. The Morgan fingerprint density at radius 3 is 2.56 bits per heavy atom. The molecule has 0 bridgehead atoms. The van der Waals surface area contributed by atoms with Gasteiger partial charge >= 0.3 is 6.03 Å². The van der Waals surface area contributed by atoms with E-state index in [4.69, 9.17) is 0 Å². The summed E-state index contributed by atoms with van der Waals surface area (Å²) in [6.07, 6.45) is 8.71. The Labute approximate surface area is 144 Å². The topological polar surface area (TPSA) is 92.7 Å². The van der Waals surface area contributed by atoms with E-state index < -0.39 is 0 Å². The molecule has 1 fully saturated rings. The predicted molar refractivity (Wildman–Crippen MR) is 93.7 cm³/mol. The molecule has 4 rings (SSSR count). The number of carbonyl (C=O) groups excluding carboxylic acids is 1. The fraction of sp³-hybridized carbons (Fsp3) is 0.167. The average Bonchev–Trinajstić information content (AvgIpc) is 3.47. The maximum Gasteiger partial charge on any atom is 0.320 e. The van der Waals surface area contributed by atoms with Gasteiger partial charge in [0.05, 0.1) is 17.6 Å². The average molecular weight is 332 g/mol. The number of hydrogen-bond donors (Lipinski definition) is 2. The number of pyridine rings is 2. The maximum atomic E-state index is 12.0. The fourth-order valence-electron chi connectivity index (χ4n) is 2.42. The summed E-state index contributed by atoms with van der Waals surface area (Å²) in [5, 5.41) is 5.60. The van der Waals surface area contributed by atoms with Gasteiger partial charge in [-0.1, -0.05) is 6.07 Å². The Balaban J connectivity index is 1.70. The van der Waals surface area contributed by atoms with Gasteiger partial charge in [-0.15, -0.1) is 0 Å². The van der Waals surface area contributed by atoms with E-state index in [1.165, 1.54) is 0 Å². The number of urea groups is 1. The summed E-state index contributed by atoms with van der Waals surface area (Å²) in [4.78, 5) is 29.4. The molecule has 2 N–H and O–H groups in total. The van der Waals surface area contributed by atoms with Crippen LogP contribution in [0.3, 0.4) is 0 Å². The molecular weight excluding hydrogens is 316 g/mol. The van der Waals surface area contributed by atoms with E-state index in [2.05, 4.69) is 30.6 Å². The van der Waals surface area contributed by atoms with Gasteiger partial charge in [0.1, 0.15) is 5.69 Å². The largest absolute Gasteiger partial charge is 0.335 e. The number of anilines is 1. The molecule has 3 aromatic rings. The van der Waals surface area contributed by atoms with Crippen molar-refractivity contribution in [2.24, 2.45) is 0 Å². The molecule has 0 spiro atoms. The summed E-state index contributed by atoms with van der Waals surface area (Å²) in [5.74, 6) is 0.386. The van der Waals surface area contributed by atoms with Crippen molar-refractivity contribution in [3.05, 3.63) is 55.1 Å². The fourth-order valence-corrected chi connectivity index (χ4v) is 2.42. The SMILES string of the molecule is O=C(Nc1cnc(-c2ccncc2)c(-c2ccccn2)n1)NC1CC1. The third kappa shape index (κ3) is 3.60. The van der Waals surface area contributed by atoms with Crippen LogP contribution >= 0.6 is 0 Å². The Morgan fingerprint density at radius 2 is 1.84 bits per heavy atom. The van der Waals surface area contributed by atoms with Gasteiger partial charge in [0.15, 0.2) is 5.82 Å². The third-order valence-electron chi connectivity index (χ3n) is 3.79. The van der Waals surface area contributed by atoms with Crippen LogP contribution in [0, 0.1) is 0 Å². The molecule has 0 radical (unpaired) electrons. The van der Waals surface area contributed by atoms with Crippen LogP contribution in [-0.4, -0.2) is 32.0 Å². The smallest absolute Gasteiger partial charge is 0.320 e. The second-order valence-corrected chi connectivity index (χ2v) is 5.78. The highest BCUT2D eigenvalue weighted by Crippen LogP contribution is 2.28. The molecule has 7 nitrogen and oxygen atoms in total. The van der Waals surface area contributed by atoms with Crippen molar-refractivity contribution >= 4 is 11.8 Å². The van der Waals surface area contributed by atoms with Gasteiger partial charge in [-0.25, -0.2) is 9.78 Å². The molecular formula is C18H16N6O. The van der Waals surface area contributed by atoms with E-state index >= 15 is 0 Å². The van der Waals surface area contributed by atoms with Crippen molar-refractivity contribution in [1.29, 1.82) is 0 Å². The lowest BCUT2D eigenvalue weighted by atomic mass is 10.1. The van der Waals surface area contributed by atoms with E-state index in [9.17, 15) is 4.79 Å². The maximum absolute atomic E-state index is 12.0. The first-order valence-corrected chi connectivity index (χ1v) is 8.06. The first-order chi connectivity index (χ1) is 12.3. The van der Waals surface area contributed by atoms with Crippen molar-refractivity contribution < 1.29 is 4.79 Å². The van der Waals surface area contributed by atoms with Gasteiger partial charge < -0.3 is 5.32 Å². The molecule has 0 unspecified atom stereocenters. The Morgan fingerprint density at radius 1 is 1.00 bits per heavy atom. The predicted octanol–water partition coefficient (Wildman–Crippen LogP) is 2.88. The van der Waals surface area contributed by atoms with Crippen molar-refractivity contribution in [2.75, 3.05) is 5.32 Å². The van der Waals surface area contributed by atoms with Gasteiger partial charge in [0, 0.05) is 30.2 Å². The van der Waals surface area contributed by atoms with Crippen LogP contribution in [0.4, 0.5) is 10.6 Å². The summed E-state index contributed by atoms with van der Waals surface area (Å²) in [7, 11) is 0. The van der Waals surface area contributed by atoms with Crippen molar-refractivity contribution in [2.45, 2.75) is 18.9 Å². The van der Waals surface area contributed by atoms with Gasteiger partial charge in [-0.2, -0.15) is 0 Å². The highest BCUT2D eigenvalue weighted by Gasteiger charge is 2.23. The number of aromatic nitrogens is 4. The van der Waals surface area contributed by atoms with Gasteiger partial charge in [-0.3, -0.25) is 20.3 Å². The lowest BCUT2D eigenvalue weighted by Gasteiger charge is -2.11. The zero-order chi connectivity index (χ0) is 17.1. The number of rotatable bonds is 4. The van der Waals surface area contributed by atoms with Gasteiger partial charge in [0.2, 0.25) is 0 Å². The Bertz CT molecular complexity index is 881. The number of nitrogens with one attached hydrogen (secondary N) is 2. The Kier molecular flexibility index (Phi) is 4.04. The van der Waals surface area contributed by atoms with Gasteiger partial charge in [0.25, 0.3) is 0 Å². The summed E-state index contributed by atoms with van der Waals surface area (Å²) in [5.41, 5.74) is 2.87. The first kappa shape index (κ1) is 15.2. The quantitative estimate of drug-likeness (QED) is 0.766. The first-order valence-electron chi connectivity index (χ1n) is 8.06. The lowest BCUT2D eigenvalue weighted by molar-refractivity contribution is 0.251. The van der Waals surface area contributed by atoms with E-state index in [1.54, 1.807) is 24.8 Å². The minimum Gasteiger partial charge on any atom is -0.335 e. The molecule has 25 heavy (non-hydrogen) atoms. The summed E-state index contributed by atoms with van der Waals surface area (Å²) in [6, 6.07) is 9.34. The molecule has 1 aliphatic carbocycles. The molecule has 2 amide bonds. The standard InChI is InChI=1S/C18H16N6O/c25-18(22-13-4-5-13)24-15-11-21-16(12-6-9-19-10-7-12)17(23-15)14-3-1-2-8-20-14/h1-3,6-11,13H,4-5H2,(H2,22,23,24,25). The Hall–Kier alpha value is -3.35. The summed E-state index contributed by atoms with van der Waals surface area (Å²) >= 11 is 0. The van der Waals surface area contributed by atoms with Crippen molar-refractivity contribution in [1.82, 2.24) is 25.3 Å². The third-order valence-corrected chi connectivity index (χ3v) is 3.79. The molecule has 0 aliphatic heterocycles. The number of carbonyl (C=O) groups is 1. The zero-order valence-electron chi connectivity index (χ0n) is 13.4. The normalized spacial score (nSPS) is 13.3. The minimum atomic E-state index is -0.263. The molecule has 3 aromatic heterocycles. The summed E-state index contributed by atoms with van der Waals surface area (Å²) in [6.45, 7) is 0. The van der Waals surface area contributed by atoms with Crippen LogP contribution in [0.1, 0.15) is 12.8 Å². The molecule has 1 aliphatic rings. The minimum absolute atomic E-state index is 0.263. The van der Waals surface area contributed by atoms with Crippen LogP contribution in [0.5, 0.6) is 0 Å². The van der Waals surface area contributed by atoms with Crippen molar-refractivity contribution in [3.63, 3.8) is 0 Å². The van der Waals surface area contributed by atoms with Crippen LogP contribution in [0.25, 0.3) is 22.6 Å². The molecule has 0 saturated heterocycles. The van der Waals surface area contributed by atoms with Crippen LogP contribution in [-0.2, 0) is 0 Å². The van der Waals surface area contributed by atoms with E-state index in [0.29, 0.717) is 22.9 Å². The molecule has 1 saturated carbocycles. The number of amides is 2. The molecule has 0 atom stereocenters. The van der Waals surface area contributed by atoms with E-state index in [1.807, 2.05) is 30.3 Å². The van der Waals surface area contributed by atoms with E-state index in [-0.39, 0.29) is 12.1 Å². The monoisotopic (exact) mass is 332 g/mol. The number of nitrogens with zero attached hydrogens (tertiary/aromatic N) is 4. The zero-order valence-corrected chi connectivity index (χ0v) is 13.4. The van der Waals surface area contributed by atoms with Crippen LogP contribution in [0.15, 0.2) is 55.1 Å². The lowest BCUT2D eigenvalue weighted by Crippen LogP contribution is -2.30. The van der Waals surface area contributed by atoms with Crippen molar-refractivity contribution in [3.8, 4) is 22.6 Å².